The van der Waals surface area contributed by atoms with Crippen molar-refractivity contribution in [2.75, 3.05) is 23.3 Å². The average molecular weight is 413 g/mol. The molecule has 1 aliphatic heterocycles. The highest BCUT2D eigenvalue weighted by Gasteiger charge is 2.34. The van der Waals surface area contributed by atoms with Crippen LogP contribution in [0.3, 0.4) is 0 Å². The van der Waals surface area contributed by atoms with E-state index < -0.39 is 11.9 Å². The van der Waals surface area contributed by atoms with Crippen molar-refractivity contribution < 1.29 is 17.6 Å². The Hall–Kier alpha value is -2.36. The molecule has 152 valence electrons. The Kier molecular flexibility index (Phi) is 6.07. The minimum atomic E-state index is -4.57. The average Bonchev–Trinajstić information content (AvgIpc) is 3.04. The Labute approximate surface area is 166 Å². The molecule has 0 saturated carbocycles. The second kappa shape index (κ2) is 8.34. The number of aryl methyl sites for hydroxylation is 1. The van der Waals surface area contributed by atoms with E-state index in [1.165, 1.54) is 0 Å². The van der Waals surface area contributed by atoms with Crippen molar-refractivity contribution >= 4 is 29.1 Å². The molecule has 6 nitrogen and oxygen atoms in total. The molecule has 3 rings (SSSR count). The quantitative estimate of drug-likeness (QED) is 0.731. The molecule has 0 aromatic carbocycles. The largest absolute Gasteiger partial charge is 0.465 e. The van der Waals surface area contributed by atoms with Crippen molar-refractivity contribution in [1.82, 2.24) is 15.3 Å². The van der Waals surface area contributed by atoms with E-state index in [-0.39, 0.29) is 16.9 Å². The Balaban J connectivity index is 1.75. The van der Waals surface area contributed by atoms with Crippen LogP contribution in [-0.2, 0) is 12.7 Å². The lowest BCUT2D eigenvalue weighted by molar-refractivity contribution is -0.141. The van der Waals surface area contributed by atoms with Crippen LogP contribution >= 0.6 is 12.2 Å². The minimum Gasteiger partial charge on any atom is -0.465 e. The molecule has 0 spiro atoms. The molecule has 1 aliphatic rings. The van der Waals surface area contributed by atoms with Gasteiger partial charge in [-0.2, -0.15) is 18.2 Å². The summed E-state index contributed by atoms with van der Waals surface area (Å²) in [5.41, 5.74) is -0.998. The number of aromatic nitrogens is 2. The van der Waals surface area contributed by atoms with Crippen LogP contribution in [0.25, 0.3) is 0 Å². The van der Waals surface area contributed by atoms with Gasteiger partial charge in [0, 0.05) is 19.2 Å². The number of thiocarbonyl (C=S) groups is 1. The molecule has 1 atom stereocenters. The molecule has 28 heavy (non-hydrogen) atoms. The number of hydrogen-bond acceptors (Lipinski definition) is 5. The maximum atomic E-state index is 13.3. The molecule has 3 heterocycles. The molecule has 0 aliphatic carbocycles. The number of alkyl halides is 3. The Morgan fingerprint density at radius 2 is 2.14 bits per heavy atom. The number of piperidine rings is 1. The summed E-state index contributed by atoms with van der Waals surface area (Å²) in [5.74, 6) is 1.89. The smallest absolute Gasteiger partial charge is 0.433 e. The number of nitrogens with zero attached hydrogens (tertiary/aromatic N) is 3. The molecular weight excluding hydrogens is 391 g/mol. The van der Waals surface area contributed by atoms with Gasteiger partial charge in [-0.1, -0.05) is 6.92 Å². The molecule has 10 heteroatoms. The highest BCUT2D eigenvalue weighted by atomic mass is 32.1. The monoisotopic (exact) mass is 413 g/mol. The van der Waals surface area contributed by atoms with E-state index in [2.05, 4.69) is 27.5 Å². The minimum absolute atomic E-state index is 0.117. The van der Waals surface area contributed by atoms with Crippen molar-refractivity contribution in [3.05, 3.63) is 35.4 Å². The van der Waals surface area contributed by atoms with Crippen LogP contribution in [0.15, 0.2) is 22.6 Å². The van der Waals surface area contributed by atoms with Gasteiger partial charge in [0.1, 0.15) is 17.3 Å². The van der Waals surface area contributed by atoms with Gasteiger partial charge in [0.15, 0.2) is 10.8 Å². The maximum Gasteiger partial charge on any atom is 0.433 e. The predicted molar refractivity (Wildman–Crippen MR) is 104 cm³/mol. The second-order valence-corrected chi connectivity index (χ2v) is 7.35. The van der Waals surface area contributed by atoms with Crippen LogP contribution in [0.5, 0.6) is 0 Å². The van der Waals surface area contributed by atoms with E-state index in [4.69, 9.17) is 16.6 Å². The fourth-order valence-electron chi connectivity index (χ4n) is 3.09. The van der Waals surface area contributed by atoms with Crippen molar-refractivity contribution in [1.29, 1.82) is 0 Å². The van der Waals surface area contributed by atoms with Crippen molar-refractivity contribution in [2.24, 2.45) is 5.92 Å². The first-order chi connectivity index (χ1) is 13.2. The summed E-state index contributed by atoms with van der Waals surface area (Å²) in [4.78, 5) is 9.71. The first-order valence-corrected chi connectivity index (χ1v) is 9.43. The molecule has 0 bridgehead atoms. The zero-order valence-electron chi connectivity index (χ0n) is 15.6. The summed E-state index contributed by atoms with van der Waals surface area (Å²) in [6, 6.07) is 4.60. The van der Waals surface area contributed by atoms with E-state index in [0.717, 1.165) is 24.7 Å². The first kappa shape index (κ1) is 20.4. The van der Waals surface area contributed by atoms with E-state index in [0.29, 0.717) is 31.3 Å². The number of rotatable bonds is 4. The lowest BCUT2D eigenvalue weighted by Crippen LogP contribution is -2.35. The van der Waals surface area contributed by atoms with Crippen LogP contribution in [0.1, 0.15) is 37.0 Å². The molecule has 0 amide bonds. The summed E-state index contributed by atoms with van der Waals surface area (Å²) in [5, 5.41) is 5.65. The number of halogens is 3. The zero-order chi connectivity index (χ0) is 20.3. The lowest BCUT2D eigenvalue weighted by atomic mass is 10.0. The molecule has 2 aromatic heterocycles. The van der Waals surface area contributed by atoms with E-state index in [9.17, 15) is 13.2 Å². The van der Waals surface area contributed by atoms with Gasteiger partial charge in [0.2, 0.25) is 5.95 Å². The zero-order valence-corrected chi connectivity index (χ0v) is 16.5. The molecule has 1 saturated heterocycles. The Morgan fingerprint density at radius 1 is 1.36 bits per heavy atom. The van der Waals surface area contributed by atoms with Gasteiger partial charge in [-0.15, -0.1) is 0 Å². The molecular formula is C18H22F3N5OS. The molecule has 0 radical (unpaired) electrons. The third-order valence-corrected chi connectivity index (χ3v) is 4.67. The van der Waals surface area contributed by atoms with Crippen LogP contribution in [0, 0.1) is 12.8 Å². The first-order valence-electron chi connectivity index (χ1n) is 9.02. The van der Waals surface area contributed by atoms with Gasteiger partial charge in [-0.05, 0) is 50.0 Å². The van der Waals surface area contributed by atoms with Crippen molar-refractivity contribution in [3.63, 3.8) is 0 Å². The number of nitrogens with one attached hydrogen (secondary N) is 2. The third-order valence-electron chi connectivity index (χ3n) is 4.43. The summed E-state index contributed by atoms with van der Waals surface area (Å²) < 4.78 is 45.3. The SMILES string of the molecule is Cc1ccc(CNC(=S)Nc2nc(N3CCC[C@H](C)C3)cc(C(F)(F)F)n2)o1. The standard InChI is InChI=1S/C18H22F3N5OS/c1-11-4-3-7-26(10-11)15-8-14(18(19,20)21)23-16(24-15)25-17(28)22-9-13-6-5-12(2)27-13/h5-6,8,11H,3-4,7,9-10H2,1-2H3,(H2,22,23,24,25,28)/t11-/m0/s1. The third kappa shape index (κ3) is 5.34. The van der Waals surface area contributed by atoms with E-state index >= 15 is 0 Å². The van der Waals surface area contributed by atoms with Gasteiger partial charge in [0.05, 0.1) is 6.54 Å². The molecule has 1 fully saturated rings. The summed E-state index contributed by atoms with van der Waals surface area (Å²) in [6.07, 6.45) is -2.60. The fourth-order valence-corrected chi connectivity index (χ4v) is 3.25. The highest BCUT2D eigenvalue weighted by Crippen LogP contribution is 2.31. The van der Waals surface area contributed by atoms with Crippen LogP contribution in [-0.4, -0.2) is 28.2 Å². The van der Waals surface area contributed by atoms with Crippen molar-refractivity contribution in [2.45, 2.75) is 39.4 Å². The van der Waals surface area contributed by atoms with Crippen LogP contribution < -0.4 is 15.5 Å². The predicted octanol–water partition coefficient (Wildman–Crippen LogP) is 4.12. The number of furan rings is 1. The topological polar surface area (TPSA) is 66.2 Å². The van der Waals surface area contributed by atoms with E-state index in [1.54, 1.807) is 6.07 Å². The van der Waals surface area contributed by atoms with Crippen molar-refractivity contribution in [3.8, 4) is 0 Å². The normalized spacial score (nSPS) is 17.5. The Bertz CT molecular complexity index is 839. The van der Waals surface area contributed by atoms with Gasteiger partial charge in [0.25, 0.3) is 0 Å². The van der Waals surface area contributed by atoms with Gasteiger partial charge in [-0.25, -0.2) is 4.98 Å². The number of anilines is 2. The highest BCUT2D eigenvalue weighted by molar-refractivity contribution is 7.80. The van der Waals surface area contributed by atoms with Gasteiger partial charge in [-0.3, -0.25) is 0 Å². The van der Waals surface area contributed by atoms with Crippen LogP contribution in [0.2, 0.25) is 0 Å². The van der Waals surface area contributed by atoms with E-state index in [1.807, 2.05) is 17.9 Å². The summed E-state index contributed by atoms with van der Waals surface area (Å²) >= 11 is 5.16. The summed E-state index contributed by atoms with van der Waals surface area (Å²) in [7, 11) is 0. The molecule has 0 unspecified atom stereocenters. The molecule has 2 aromatic rings. The fraction of sp³-hybridized carbons (Fsp3) is 0.500. The lowest BCUT2D eigenvalue weighted by Gasteiger charge is -2.32. The summed E-state index contributed by atoms with van der Waals surface area (Å²) in [6.45, 7) is 5.52. The van der Waals surface area contributed by atoms with Gasteiger partial charge >= 0.3 is 6.18 Å². The maximum absolute atomic E-state index is 13.3. The van der Waals surface area contributed by atoms with Gasteiger partial charge < -0.3 is 20.0 Å². The molecule has 2 N–H and O–H groups in total. The second-order valence-electron chi connectivity index (χ2n) is 6.95. The Morgan fingerprint density at radius 3 is 2.79 bits per heavy atom. The van der Waals surface area contributed by atoms with Crippen LogP contribution in [0.4, 0.5) is 24.9 Å². The number of hydrogen-bond donors (Lipinski definition) is 2.